The van der Waals surface area contributed by atoms with E-state index in [4.69, 9.17) is 0 Å². The molecule has 1 unspecified atom stereocenters. The number of amides is 2. The van der Waals surface area contributed by atoms with Crippen molar-refractivity contribution < 1.29 is 19.8 Å². The van der Waals surface area contributed by atoms with Crippen molar-refractivity contribution >= 4 is 23.5 Å². The van der Waals surface area contributed by atoms with E-state index in [0.717, 1.165) is 70.3 Å². The molecule has 2 N–H and O–H groups in total. The molecule has 0 radical (unpaired) electrons. The van der Waals surface area contributed by atoms with E-state index in [1.807, 2.05) is 19.1 Å². The number of carboxylic acid groups (broad SMARTS) is 1. The van der Waals surface area contributed by atoms with Gasteiger partial charge in [-0.2, -0.15) is 0 Å². The van der Waals surface area contributed by atoms with E-state index >= 15 is 0 Å². The SMILES string of the molecule is CCCN(C(=O)O)c1ccc(N2CCCC3(CCN(C4CCC(O)CC4)C3=O)C2)nc1. The van der Waals surface area contributed by atoms with Crippen LogP contribution in [-0.2, 0) is 4.79 Å². The zero-order chi connectivity index (χ0) is 22.0. The number of aliphatic hydroxyl groups excluding tert-OH is 1. The highest BCUT2D eigenvalue weighted by molar-refractivity contribution is 5.87. The normalized spacial score (nSPS) is 28.9. The first-order valence-corrected chi connectivity index (χ1v) is 11.6. The Morgan fingerprint density at radius 1 is 1.23 bits per heavy atom. The lowest BCUT2D eigenvalue weighted by atomic mass is 9.78. The molecule has 170 valence electrons. The number of nitrogens with zero attached hydrogens (tertiary/aromatic N) is 4. The van der Waals surface area contributed by atoms with Gasteiger partial charge in [0, 0.05) is 32.2 Å². The van der Waals surface area contributed by atoms with E-state index in [1.165, 1.54) is 4.90 Å². The van der Waals surface area contributed by atoms with Gasteiger partial charge in [-0.05, 0) is 63.5 Å². The van der Waals surface area contributed by atoms with E-state index in [0.29, 0.717) is 18.8 Å². The molecule has 3 heterocycles. The molecule has 1 aromatic heterocycles. The highest BCUT2D eigenvalue weighted by atomic mass is 16.4. The third-order valence-electron chi connectivity index (χ3n) is 7.28. The summed E-state index contributed by atoms with van der Waals surface area (Å²) in [4.78, 5) is 35.1. The summed E-state index contributed by atoms with van der Waals surface area (Å²) in [5.74, 6) is 1.08. The van der Waals surface area contributed by atoms with Gasteiger partial charge in [-0.15, -0.1) is 0 Å². The minimum atomic E-state index is -0.972. The summed E-state index contributed by atoms with van der Waals surface area (Å²) in [7, 11) is 0. The van der Waals surface area contributed by atoms with Crippen molar-refractivity contribution in [3.63, 3.8) is 0 Å². The van der Waals surface area contributed by atoms with Crippen molar-refractivity contribution in [2.75, 3.05) is 36.0 Å². The average molecular weight is 431 g/mol. The van der Waals surface area contributed by atoms with Gasteiger partial charge in [-0.1, -0.05) is 6.92 Å². The van der Waals surface area contributed by atoms with Crippen LogP contribution in [0.3, 0.4) is 0 Å². The summed E-state index contributed by atoms with van der Waals surface area (Å²) in [6.45, 7) is 4.72. The van der Waals surface area contributed by atoms with Crippen LogP contribution in [0.1, 0.15) is 58.3 Å². The highest BCUT2D eigenvalue weighted by Crippen LogP contribution is 2.43. The molecule has 3 fully saturated rings. The molecule has 2 aliphatic heterocycles. The second kappa shape index (κ2) is 9.02. The van der Waals surface area contributed by atoms with Crippen LogP contribution in [0.5, 0.6) is 0 Å². The third kappa shape index (κ3) is 4.35. The van der Waals surface area contributed by atoms with Crippen LogP contribution in [-0.4, -0.2) is 70.4 Å². The van der Waals surface area contributed by atoms with E-state index in [2.05, 4.69) is 14.8 Å². The second-order valence-electron chi connectivity index (χ2n) is 9.33. The molecule has 0 bridgehead atoms. The fourth-order valence-electron chi connectivity index (χ4n) is 5.56. The lowest BCUT2D eigenvalue weighted by molar-refractivity contribution is -0.139. The number of rotatable bonds is 5. The number of anilines is 2. The fraction of sp³-hybridized carbons (Fsp3) is 0.696. The van der Waals surface area contributed by atoms with Crippen molar-refractivity contribution in [1.29, 1.82) is 0 Å². The van der Waals surface area contributed by atoms with Gasteiger partial charge in [0.15, 0.2) is 0 Å². The molecule has 8 nitrogen and oxygen atoms in total. The first-order chi connectivity index (χ1) is 14.9. The zero-order valence-electron chi connectivity index (χ0n) is 18.4. The van der Waals surface area contributed by atoms with Gasteiger partial charge in [0.05, 0.1) is 23.4 Å². The number of aromatic nitrogens is 1. The Hall–Kier alpha value is -2.35. The highest BCUT2D eigenvalue weighted by Gasteiger charge is 2.50. The van der Waals surface area contributed by atoms with Crippen LogP contribution < -0.4 is 9.80 Å². The predicted molar refractivity (Wildman–Crippen MR) is 118 cm³/mol. The van der Waals surface area contributed by atoms with Crippen LogP contribution in [0, 0.1) is 5.41 Å². The van der Waals surface area contributed by atoms with Gasteiger partial charge >= 0.3 is 6.09 Å². The maximum Gasteiger partial charge on any atom is 0.411 e. The summed E-state index contributed by atoms with van der Waals surface area (Å²) >= 11 is 0. The predicted octanol–water partition coefficient (Wildman–Crippen LogP) is 3.10. The molecule has 8 heteroatoms. The van der Waals surface area contributed by atoms with Crippen LogP contribution in [0.15, 0.2) is 18.3 Å². The Bertz CT molecular complexity index is 793. The standard InChI is InChI=1S/C23H34N4O4/c1-2-12-27(22(30)31)18-6-9-20(24-15-18)25-13-3-10-23(16-25)11-14-26(21(23)29)17-4-7-19(28)8-5-17/h6,9,15,17,19,28H,2-5,7-8,10-14,16H2,1H3,(H,30,31). The van der Waals surface area contributed by atoms with Crippen LogP contribution >= 0.6 is 0 Å². The van der Waals surface area contributed by atoms with E-state index < -0.39 is 6.09 Å². The number of hydrogen-bond donors (Lipinski definition) is 2. The maximum atomic E-state index is 13.5. The van der Waals surface area contributed by atoms with Crippen molar-refractivity contribution in [2.24, 2.45) is 5.41 Å². The molecule has 1 spiro atoms. The number of piperidine rings is 1. The summed E-state index contributed by atoms with van der Waals surface area (Å²) in [6.07, 6.45) is 7.28. The molecule has 0 aromatic carbocycles. The summed E-state index contributed by atoms with van der Waals surface area (Å²) in [5.41, 5.74) is 0.233. The molecule has 3 aliphatic rings. The first-order valence-electron chi connectivity index (χ1n) is 11.6. The van der Waals surface area contributed by atoms with E-state index in [1.54, 1.807) is 6.20 Å². The Morgan fingerprint density at radius 2 is 2.00 bits per heavy atom. The number of pyridine rings is 1. The third-order valence-corrected chi connectivity index (χ3v) is 7.28. The van der Waals surface area contributed by atoms with Gasteiger partial charge in [-0.25, -0.2) is 9.78 Å². The van der Waals surface area contributed by atoms with Gasteiger partial charge in [0.25, 0.3) is 0 Å². The lowest BCUT2D eigenvalue weighted by Crippen LogP contribution is -2.50. The van der Waals surface area contributed by atoms with Gasteiger partial charge < -0.3 is 20.0 Å². The molecule has 1 aromatic rings. The fourth-order valence-corrected chi connectivity index (χ4v) is 5.56. The number of hydrogen-bond acceptors (Lipinski definition) is 5. The topological polar surface area (TPSA) is 97.2 Å². The molecule has 1 aliphatic carbocycles. The zero-order valence-corrected chi connectivity index (χ0v) is 18.4. The molecule has 1 atom stereocenters. The summed E-state index contributed by atoms with van der Waals surface area (Å²) in [5, 5.41) is 19.2. The molecule has 2 saturated heterocycles. The molecule has 31 heavy (non-hydrogen) atoms. The molecular weight excluding hydrogens is 396 g/mol. The number of carbonyl (C=O) groups is 2. The van der Waals surface area contributed by atoms with Crippen LogP contribution in [0.4, 0.5) is 16.3 Å². The Kier molecular flexibility index (Phi) is 6.36. The number of carbonyl (C=O) groups excluding carboxylic acids is 1. The smallest absolute Gasteiger partial charge is 0.411 e. The van der Waals surface area contributed by atoms with Crippen molar-refractivity contribution in [3.8, 4) is 0 Å². The number of likely N-dealkylation sites (tertiary alicyclic amines) is 1. The quantitative estimate of drug-likeness (QED) is 0.745. The maximum absolute atomic E-state index is 13.5. The Balaban J connectivity index is 1.45. The van der Waals surface area contributed by atoms with Crippen molar-refractivity contribution in [1.82, 2.24) is 9.88 Å². The summed E-state index contributed by atoms with van der Waals surface area (Å²) in [6, 6.07) is 3.95. The monoisotopic (exact) mass is 430 g/mol. The molecule has 4 rings (SSSR count). The Labute approximate surface area is 183 Å². The van der Waals surface area contributed by atoms with Gasteiger partial charge in [0.2, 0.25) is 5.91 Å². The minimum absolute atomic E-state index is 0.212. The van der Waals surface area contributed by atoms with Crippen LogP contribution in [0.2, 0.25) is 0 Å². The Morgan fingerprint density at radius 3 is 2.65 bits per heavy atom. The van der Waals surface area contributed by atoms with E-state index in [9.17, 15) is 19.8 Å². The molecule has 1 saturated carbocycles. The number of aliphatic hydroxyl groups is 1. The molecular formula is C23H34N4O4. The van der Waals surface area contributed by atoms with Gasteiger partial charge in [-0.3, -0.25) is 9.69 Å². The van der Waals surface area contributed by atoms with Crippen molar-refractivity contribution in [3.05, 3.63) is 18.3 Å². The van der Waals surface area contributed by atoms with Crippen molar-refractivity contribution in [2.45, 2.75) is 70.4 Å². The van der Waals surface area contributed by atoms with Gasteiger partial charge in [0.1, 0.15) is 5.82 Å². The lowest BCUT2D eigenvalue weighted by Gasteiger charge is -2.41. The van der Waals surface area contributed by atoms with E-state index in [-0.39, 0.29) is 23.5 Å². The largest absolute Gasteiger partial charge is 0.465 e. The first kappa shape index (κ1) is 21.9. The second-order valence-corrected chi connectivity index (χ2v) is 9.33. The van der Waals surface area contributed by atoms with Crippen LogP contribution in [0.25, 0.3) is 0 Å². The average Bonchev–Trinajstić information content (AvgIpc) is 3.08. The molecule has 2 amide bonds. The minimum Gasteiger partial charge on any atom is -0.465 e. The summed E-state index contributed by atoms with van der Waals surface area (Å²) < 4.78 is 0.